The second kappa shape index (κ2) is 11.0. The summed E-state index contributed by atoms with van der Waals surface area (Å²) in [6.45, 7) is 4.61. The van der Waals surface area contributed by atoms with Gasteiger partial charge >= 0.3 is 5.97 Å². The third-order valence-corrected chi connectivity index (χ3v) is 5.41. The molecule has 1 aliphatic rings. The van der Waals surface area contributed by atoms with Crippen molar-refractivity contribution in [3.05, 3.63) is 65.7 Å². The summed E-state index contributed by atoms with van der Waals surface area (Å²) in [6.07, 6.45) is 0. The summed E-state index contributed by atoms with van der Waals surface area (Å²) < 4.78 is 16.1. The molecule has 0 saturated carbocycles. The second-order valence-electron chi connectivity index (χ2n) is 7.41. The van der Waals surface area contributed by atoms with Crippen LogP contribution in [-0.2, 0) is 9.47 Å². The molecule has 0 radical (unpaired) electrons. The number of methoxy groups -OCH3 is 1. The molecule has 4 rings (SSSR count). The van der Waals surface area contributed by atoms with Gasteiger partial charge in [-0.25, -0.2) is 4.79 Å². The number of benzene rings is 3. The fraction of sp³-hybridized carbons (Fsp3) is 0.280. The number of carbonyl (C=O) groups is 2. The van der Waals surface area contributed by atoms with Crippen LogP contribution in [0.5, 0.6) is 5.75 Å². The number of halogens is 1. The van der Waals surface area contributed by atoms with Crippen molar-refractivity contribution in [3.63, 3.8) is 0 Å². The molecule has 3 aromatic rings. The first-order valence-electron chi connectivity index (χ1n) is 10.6. The Balaban J connectivity index is 0.00000306. The van der Waals surface area contributed by atoms with Crippen molar-refractivity contribution in [2.24, 2.45) is 0 Å². The maximum Gasteiger partial charge on any atom is 0.340 e. The number of amides is 1. The summed E-state index contributed by atoms with van der Waals surface area (Å²) in [5.74, 6) is -0.258. The van der Waals surface area contributed by atoms with Crippen LogP contribution >= 0.6 is 12.4 Å². The van der Waals surface area contributed by atoms with Crippen LogP contribution in [0, 0.1) is 0 Å². The lowest BCUT2D eigenvalue weighted by atomic mass is 10.0. The molecule has 1 aliphatic heterocycles. The minimum absolute atomic E-state index is 0. The van der Waals surface area contributed by atoms with Crippen LogP contribution in [0.25, 0.3) is 10.8 Å². The second-order valence-corrected chi connectivity index (χ2v) is 7.41. The zero-order chi connectivity index (χ0) is 22.5. The Morgan fingerprint density at radius 3 is 2.36 bits per heavy atom. The van der Waals surface area contributed by atoms with Crippen LogP contribution in [0.15, 0.2) is 54.6 Å². The van der Waals surface area contributed by atoms with Crippen molar-refractivity contribution in [1.82, 2.24) is 0 Å². The summed E-state index contributed by atoms with van der Waals surface area (Å²) in [4.78, 5) is 27.8. The first-order chi connectivity index (χ1) is 15.6. The van der Waals surface area contributed by atoms with Crippen molar-refractivity contribution in [2.45, 2.75) is 6.92 Å². The van der Waals surface area contributed by atoms with E-state index in [-0.39, 0.29) is 24.9 Å². The van der Waals surface area contributed by atoms with Gasteiger partial charge in [0.2, 0.25) is 0 Å². The number of anilines is 2. The maximum absolute atomic E-state index is 13.1. The molecular weight excluding hydrogens is 444 g/mol. The zero-order valence-corrected chi connectivity index (χ0v) is 19.4. The highest BCUT2D eigenvalue weighted by Gasteiger charge is 2.21. The lowest BCUT2D eigenvalue weighted by Gasteiger charge is -2.30. The van der Waals surface area contributed by atoms with Gasteiger partial charge in [-0.15, -0.1) is 12.4 Å². The number of hydrogen-bond donors (Lipinski definition) is 1. The van der Waals surface area contributed by atoms with Crippen molar-refractivity contribution in [2.75, 3.05) is 50.2 Å². The normalized spacial score (nSPS) is 13.2. The molecule has 1 saturated heterocycles. The van der Waals surface area contributed by atoms with E-state index in [1.54, 1.807) is 25.1 Å². The van der Waals surface area contributed by atoms with E-state index in [9.17, 15) is 9.59 Å². The molecule has 33 heavy (non-hydrogen) atoms. The molecule has 0 atom stereocenters. The minimum atomic E-state index is -0.423. The van der Waals surface area contributed by atoms with E-state index in [1.165, 1.54) is 7.11 Å². The summed E-state index contributed by atoms with van der Waals surface area (Å²) in [6, 6.07) is 16.7. The monoisotopic (exact) mass is 470 g/mol. The number of rotatable bonds is 6. The summed E-state index contributed by atoms with van der Waals surface area (Å²) in [5, 5.41) is 4.82. The summed E-state index contributed by atoms with van der Waals surface area (Å²) in [7, 11) is 1.54. The Kier molecular flexibility index (Phi) is 8.14. The minimum Gasteiger partial charge on any atom is -0.496 e. The van der Waals surface area contributed by atoms with Crippen LogP contribution in [0.1, 0.15) is 27.6 Å². The smallest absolute Gasteiger partial charge is 0.340 e. The fourth-order valence-corrected chi connectivity index (χ4v) is 3.83. The van der Waals surface area contributed by atoms with Gasteiger partial charge in [0.15, 0.2) is 0 Å². The molecule has 1 N–H and O–H groups in total. The van der Waals surface area contributed by atoms with Gasteiger partial charge in [0.25, 0.3) is 5.91 Å². The quantitative estimate of drug-likeness (QED) is 0.533. The van der Waals surface area contributed by atoms with Gasteiger partial charge in [-0.2, -0.15) is 0 Å². The van der Waals surface area contributed by atoms with Gasteiger partial charge in [-0.3, -0.25) is 4.79 Å². The number of fused-ring (bicyclic) bond motifs is 1. The van der Waals surface area contributed by atoms with E-state index in [1.807, 2.05) is 36.4 Å². The van der Waals surface area contributed by atoms with Gasteiger partial charge in [-0.1, -0.05) is 24.3 Å². The number of nitrogens with one attached hydrogen (secondary N) is 1. The molecule has 1 fully saturated rings. The lowest BCUT2D eigenvalue weighted by molar-refractivity contribution is 0.0526. The molecule has 7 nitrogen and oxygen atoms in total. The number of hydrogen-bond acceptors (Lipinski definition) is 6. The molecule has 174 valence electrons. The van der Waals surface area contributed by atoms with E-state index >= 15 is 0 Å². The Hall–Kier alpha value is -3.29. The third kappa shape index (κ3) is 5.38. The van der Waals surface area contributed by atoms with Crippen molar-refractivity contribution < 1.29 is 23.8 Å². The molecule has 8 heteroatoms. The molecule has 1 amide bonds. The highest BCUT2D eigenvalue weighted by Crippen LogP contribution is 2.29. The Bertz CT molecular complexity index is 1140. The summed E-state index contributed by atoms with van der Waals surface area (Å²) >= 11 is 0. The van der Waals surface area contributed by atoms with Crippen LogP contribution in [0.4, 0.5) is 11.4 Å². The fourth-order valence-electron chi connectivity index (χ4n) is 3.83. The number of morpholine rings is 1. The molecule has 0 aromatic heterocycles. The van der Waals surface area contributed by atoms with Gasteiger partial charge in [-0.05, 0) is 48.0 Å². The Labute approximate surface area is 199 Å². The van der Waals surface area contributed by atoms with Crippen LogP contribution in [0.2, 0.25) is 0 Å². The Morgan fingerprint density at radius 1 is 1.00 bits per heavy atom. The predicted molar refractivity (Wildman–Crippen MR) is 131 cm³/mol. The van der Waals surface area contributed by atoms with Gasteiger partial charge in [0.05, 0.1) is 43.7 Å². The van der Waals surface area contributed by atoms with Gasteiger partial charge in [0, 0.05) is 18.8 Å². The van der Waals surface area contributed by atoms with E-state index in [4.69, 9.17) is 14.2 Å². The van der Waals surface area contributed by atoms with E-state index < -0.39 is 5.97 Å². The van der Waals surface area contributed by atoms with Crippen molar-refractivity contribution >= 4 is 46.4 Å². The van der Waals surface area contributed by atoms with Gasteiger partial charge in [0.1, 0.15) is 5.75 Å². The topological polar surface area (TPSA) is 77.1 Å². The van der Waals surface area contributed by atoms with Crippen molar-refractivity contribution in [1.29, 1.82) is 0 Å². The number of carbonyl (C=O) groups excluding carboxylic acids is 2. The van der Waals surface area contributed by atoms with Gasteiger partial charge < -0.3 is 24.4 Å². The standard InChI is InChI=1S/C25H26N2O5.ClH/c1-3-32-25(29)20-16-19(8-9-22(20)27-10-12-31-13-11-27)26-24(28)21-14-17-6-4-5-7-18(17)15-23(21)30-2;/h4-9,14-16H,3,10-13H2,1-2H3,(H,26,28);1H. The number of ether oxygens (including phenoxy) is 3. The first kappa shape index (κ1) is 24.4. The third-order valence-electron chi connectivity index (χ3n) is 5.41. The van der Waals surface area contributed by atoms with Crippen LogP contribution in [0.3, 0.4) is 0 Å². The van der Waals surface area contributed by atoms with Crippen molar-refractivity contribution in [3.8, 4) is 5.75 Å². The SMILES string of the molecule is CCOC(=O)c1cc(NC(=O)c2cc3ccccc3cc2OC)ccc1N1CCOCC1.Cl. The molecule has 0 bridgehead atoms. The molecule has 1 heterocycles. The van der Waals surface area contributed by atoms with E-state index in [0.717, 1.165) is 16.5 Å². The average molecular weight is 471 g/mol. The molecule has 0 aliphatic carbocycles. The molecular formula is C25H27ClN2O5. The highest BCUT2D eigenvalue weighted by atomic mass is 35.5. The van der Waals surface area contributed by atoms with Crippen LogP contribution in [-0.4, -0.2) is 51.9 Å². The van der Waals surface area contributed by atoms with Crippen LogP contribution < -0.4 is 15.0 Å². The van der Waals surface area contributed by atoms with E-state index in [2.05, 4.69) is 10.2 Å². The molecule has 3 aromatic carbocycles. The largest absolute Gasteiger partial charge is 0.496 e. The molecule has 0 spiro atoms. The van der Waals surface area contributed by atoms with E-state index in [0.29, 0.717) is 48.9 Å². The Morgan fingerprint density at radius 2 is 1.70 bits per heavy atom. The molecule has 0 unspecified atom stereocenters. The first-order valence-corrected chi connectivity index (χ1v) is 10.6. The number of esters is 1. The average Bonchev–Trinajstić information content (AvgIpc) is 2.83. The highest BCUT2D eigenvalue weighted by molar-refractivity contribution is 6.09. The summed E-state index contributed by atoms with van der Waals surface area (Å²) in [5.41, 5.74) is 2.11. The maximum atomic E-state index is 13.1. The number of nitrogens with zero attached hydrogens (tertiary/aromatic N) is 1. The predicted octanol–water partition coefficient (Wildman–Crippen LogP) is 4.54. The zero-order valence-electron chi connectivity index (χ0n) is 18.6. The lowest BCUT2D eigenvalue weighted by Crippen LogP contribution is -2.37.